The summed E-state index contributed by atoms with van der Waals surface area (Å²) in [6.45, 7) is 11.8. The predicted molar refractivity (Wildman–Crippen MR) is 111 cm³/mol. The highest BCUT2D eigenvalue weighted by atomic mass is 79.9. The highest BCUT2D eigenvalue weighted by Crippen LogP contribution is 2.41. The third-order valence-electron chi connectivity index (χ3n) is 4.30. The molecule has 142 valence electrons. The van der Waals surface area contributed by atoms with E-state index < -0.39 is 9.84 Å². The molecule has 0 saturated heterocycles. The standard InChI is InChI=1S/C21H27BrO3S/c1-20(2,3)17-11-16(12-18(19(17)23)21(4,5)6)26(24,25)13-14-8-7-9-15(22)10-14/h7-12,23H,13H2,1-6H3. The van der Waals surface area contributed by atoms with Crippen molar-refractivity contribution in [3.05, 3.63) is 57.6 Å². The Morgan fingerprint density at radius 3 is 1.85 bits per heavy atom. The zero-order valence-corrected chi connectivity index (χ0v) is 18.6. The SMILES string of the molecule is CC(C)(C)c1cc(S(=O)(=O)Cc2cccc(Br)c2)cc(C(C)(C)C)c1O. The van der Waals surface area contributed by atoms with Crippen molar-refractivity contribution in [2.75, 3.05) is 0 Å². The smallest absolute Gasteiger partial charge is 0.182 e. The van der Waals surface area contributed by atoms with Gasteiger partial charge in [-0.3, -0.25) is 0 Å². The molecule has 0 saturated carbocycles. The van der Waals surface area contributed by atoms with E-state index in [4.69, 9.17) is 0 Å². The van der Waals surface area contributed by atoms with E-state index in [9.17, 15) is 13.5 Å². The zero-order chi connectivity index (χ0) is 19.9. The Morgan fingerprint density at radius 2 is 1.42 bits per heavy atom. The molecule has 0 amide bonds. The first-order valence-corrected chi connectivity index (χ1v) is 11.0. The van der Waals surface area contributed by atoms with Crippen LogP contribution < -0.4 is 0 Å². The van der Waals surface area contributed by atoms with Crippen molar-refractivity contribution in [1.82, 2.24) is 0 Å². The molecule has 2 rings (SSSR count). The lowest BCUT2D eigenvalue weighted by Crippen LogP contribution is -2.19. The van der Waals surface area contributed by atoms with Gasteiger partial charge < -0.3 is 5.11 Å². The van der Waals surface area contributed by atoms with Crippen molar-refractivity contribution in [3.63, 3.8) is 0 Å². The summed E-state index contributed by atoms with van der Waals surface area (Å²) in [5.74, 6) is 0.107. The molecule has 0 aliphatic rings. The minimum atomic E-state index is -3.54. The molecule has 0 bridgehead atoms. The number of phenols is 1. The van der Waals surface area contributed by atoms with Crippen LogP contribution in [-0.4, -0.2) is 13.5 Å². The summed E-state index contributed by atoms with van der Waals surface area (Å²) in [5, 5.41) is 10.8. The second-order valence-electron chi connectivity index (χ2n) is 8.76. The molecule has 0 atom stereocenters. The first-order valence-electron chi connectivity index (χ1n) is 8.57. The molecule has 0 heterocycles. The summed E-state index contributed by atoms with van der Waals surface area (Å²) >= 11 is 3.38. The number of aromatic hydroxyl groups is 1. The maximum atomic E-state index is 13.1. The Bertz CT molecular complexity index is 882. The van der Waals surface area contributed by atoms with Gasteiger partial charge in [0.2, 0.25) is 0 Å². The van der Waals surface area contributed by atoms with Crippen molar-refractivity contribution >= 4 is 25.8 Å². The molecule has 3 nitrogen and oxygen atoms in total. The van der Waals surface area contributed by atoms with Gasteiger partial charge in [-0.05, 0) is 40.7 Å². The summed E-state index contributed by atoms with van der Waals surface area (Å²) in [7, 11) is -3.54. The summed E-state index contributed by atoms with van der Waals surface area (Å²) in [6.07, 6.45) is 0. The van der Waals surface area contributed by atoms with Gasteiger partial charge in [0.1, 0.15) is 5.75 Å². The topological polar surface area (TPSA) is 54.4 Å². The van der Waals surface area contributed by atoms with Crippen LogP contribution in [0.1, 0.15) is 58.2 Å². The van der Waals surface area contributed by atoms with Gasteiger partial charge in [-0.15, -0.1) is 0 Å². The van der Waals surface area contributed by atoms with Crippen molar-refractivity contribution < 1.29 is 13.5 Å². The van der Waals surface area contributed by atoms with Gasteiger partial charge in [0.05, 0.1) is 10.6 Å². The highest BCUT2D eigenvalue weighted by molar-refractivity contribution is 9.10. The second kappa shape index (κ2) is 7.01. The largest absolute Gasteiger partial charge is 0.507 e. The van der Waals surface area contributed by atoms with Crippen molar-refractivity contribution in [1.29, 1.82) is 0 Å². The van der Waals surface area contributed by atoms with Crippen LogP contribution in [0, 0.1) is 0 Å². The zero-order valence-electron chi connectivity index (χ0n) is 16.2. The Labute approximate surface area is 165 Å². The van der Waals surface area contributed by atoms with Gasteiger partial charge in [-0.1, -0.05) is 69.6 Å². The van der Waals surface area contributed by atoms with Crippen molar-refractivity contribution in [3.8, 4) is 5.75 Å². The highest BCUT2D eigenvalue weighted by Gasteiger charge is 2.29. The molecular formula is C21H27BrO3S. The van der Waals surface area contributed by atoms with Crippen LogP contribution in [0.25, 0.3) is 0 Å². The molecule has 26 heavy (non-hydrogen) atoms. The fourth-order valence-electron chi connectivity index (χ4n) is 2.86. The summed E-state index contributed by atoms with van der Waals surface area (Å²) in [5.41, 5.74) is 1.29. The minimum absolute atomic E-state index is 0.0790. The lowest BCUT2D eigenvalue weighted by atomic mass is 9.79. The van der Waals surface area contributed by atoms with E-state index in [1.807, 2.05) is 59.7 Å². The van der Waals surface area contributed by atoms with Crippen LogP contribution in [0.4, 0.5) is 0 Å². The summed E-state index contributed by atoms with van der Waals surface area (Å²) < 4.78 is 27.0. The summed E-state index contributed by atoms with van der Waals surface area (Å²) in [6, 6.07) is 10.6. The van der Waals surface area contributed by atoms with Crippen molar-refractivity contribution in [2.24, 2.45) is 0 Å². The fraction of sp³-hybridized carbons (Fsp3) is 0.429. The number of hydrogen-bond acceptors (Lipinski definition) is 3. The molecule has 0 aliphatic carbocycles. The molecule has 0 fully saturated rings. The van der Waals surface area contributed by atoms with Crippen LogP contribution >= 0.6 is 15.9 Å². The molecule has 1 N–H and O–H groups in total. The van der Waals surface area contributed by atoms with E-state index in [0.29, 0.717) is 11.1 Å². The minimum Gasteiger partial charge on any atom is -0.507 e. The Morgan fingerprint density at radius 1 is 0.923 bits per heavy atom. The maximum absolute atomic E-state index is 13.1. The van der Waals surface area contributed by atoms with Crippen LogP contribution in [0.15, 0.2) is 45.8 Å². The van der Waals surface area contributed by atoms with E-state index in [2.05, 4.69) is 15.9 Å². The van der Waals surface area contributed by atoms with Gasteiger partial charge in [0, 0.05) is 15.6 Å². The number of halogens is 1. The quantitative estimate of drug-likeness (QED) is 0.665. The molecule has 0 radical (unpaired) electrons. The van der Waals surface area contributed by atoms with E-state index in [0.717, 1.165) is 10.0 Å². The first kappa shape index (κ1) is 21.0. The van der Waals surface area contributed by atoms with Crippen LogP contribution in [0.3, 0.4) is 0 Å². The number of benzene rings is 2. The van der Waals surface area contributed by atoms with E-state index >= 15 is 0 Å². The Kier molecular flexibility index (Phi) is 5.65. The van der Waals surface area contributed by atoms with Gasteiger partial charge in [0.15, 0.2) is 9.84 Å². The fourth-order valence-corrected chi connectivity index (χ4v) is 4.69. The number of hydrogen-bond donors (Lipinski definition) is 1. The summed E-state index contributed by atoms with van der Waals surface area (Å²) in [4.78, 5) is 0.255. The molecular weight excluding hydrogens is 412 g/mol. The lowest BCUT2D eigenvalue weighted by Gasteiger charge is -2.28. The van der Waals surface area contributed by atoms with Gasteiger partial charge in [-0.2, -0.15) is 0 Å². The molecule has 0 spiro atoms. The molecule has 2 aromatic carbocycles. The van der Waals surface area contributed by atoms with Gasteiger partial charge >= 0.3 is 0 Å². The number of rotatable bonds is 3. The Balaban J connectivity index is 2.64. The van der Waals surface area contributed by atoms with Crippen LogP contribution in [0.5, 0.6) is 5.75 Å². The number of phenolic OH excluding ortho intramolecular Hbond substituents is 1. The average Bonchev–Trinajstić information content (AvgIpc) is 2.44. The predicted octanol–water partition coefficient (Wildman–Crippen LogP) is 5.72. The molecule has 2 aromatic rings. The van der Waals surface area contributed by atoms with Crippen LogP contribution in [0.2, 0.25) is 0 Å². The van der Waals surface area contributed by atoms with Gasteiger partial charge in [0.25, 0.3) is 0 Å². The van der Waals surface area contributed by atoms with E-state index in [1.165, 1.54) is 0 Å². The number of sulfone groups is 1. The average molecular weight is 439 g/mol. The van der Waals surface area contributed by atoms with Gasteiger partial charge in [-0.25, -0.2) is 8.42 Å². The molecule has 0 aliphatic heterocycles. The molecule has 5 heteroatoms. The normalized spacial score (nSPS) is 13.0. The van der Waals surface area contributed by atoms with Crippen molar-refractivity contribution in [2.45, 2.75) is 63.0 Å². The lowest BCUT2D eigenvalue weighted by molar-refractivity contribution is 0.422. The monoisotopic (exact) mass is 438 g/mol. The molecule has 0 unspecified atom stereocenters. The third kappa shape index (κ3) is 4.68. The molecule has 0 aromatic heterocycles. The second-order valence-corrected chi connectivity index (χ2v) is 11.7. The van der Waals surface area contributed by atoms with Crippen LogP contribution in [-0.2, 0) is 26.4 Å². The van der Waals surface area contributed by atoms with E-state index in [1.54, 1.807) is 18.2 Å². The Hall–Kier alpha value is -1.33. The first-order chi connectivity index (χ1) is 11.7. The third-order valence-corrected chi connectivity index (χ3v) is 6.46. The maximum Gasteiger partial charge on any atom is 0.182 e. The van der Waals surface area contributed by atoms with E-state index in [-0.39, 0.29) is 27.2 Å².